The van der Waals surface area contributed by atoms with Gasteiger partial charge in [-0.1, -0.05) is 39.0 Å². The minimum Gasteiger partial charge on any atom is -0.497 e. The average molecular weight is 590 g/mol. The molecule has 224 valence electrons. The van der Waals surface area contributed by atoms with Crippen LogP contribution in [0.3, 0.4) is 0 Å². The predicted octanol–water partition coefficient (Wildman–Crippen LogP) is 6.17. The van der Waals surface area contributed by atoms with Crippen LogP contribution in [0, 0.1) is 0 Å². The molecular weight excluding hydrogens is 546 g/mol. The second-order valence-electron chi connectivity index (χ2n) is 12.3. The Hall–Kier alpha value is -3.89. The number of hydrogen-bond donors (Lipinski definition) is 2. The van der Waals surface area contributed by atoms with Crippen molar-refractivity contribution in [1.82, 2.24) is 14.1 Å². The second-order valence-corrected chi connectivity index (χ2v) is 17.1. The first-order chi connectivity index (χ1) is 19.9. The number of nitrogens with zero attached hydrogens (tertiary/aromatic N) is 3. The molecule has 4 aromatic rings. The number of primary amides is 1. The molecule has 2 aromatic carbocycles. The number of carbonyl (C=O) groups excluding carboxylic acids is 2. The van der Waals surface area contributed by atoms with E-state index in [1.807, 2.05) is 47.0 Å². The fraction of sp³-hybridized carbons (Fsp3) is 0.406. The lowest BCUT2D eigenvalue weighted by atomic mass is 10.1. The number of aryl methyl sites for hydroxylation is 2. The topological polar surface area (TPSA) is 113 Å². The summed E-state index contributed by atoms with van der Waals surface area (Å²) >= 11 is 0. The molecule has 4 rings (SSSR count). The minimum atomic E-state index is -1.99. The molecule has 0 aliphatic carbocycles. The minimum absolute atomic E-state index is 0.0296. The van der Waals surface area contributed by atoms with E-state index in [-0.39, 0.29) is 22.7 Å². The van der Waals surface area contributed by atoms with Gasteiger partial charge in [0.2, 0.25) is 5.91 Å². The van der Waals surface area contributed by atoms with Crippen molar-refractivity contribution in [2.24, 2.45) is 5.73 Å². The quantitative estimate of drug-likeness (QED) is 0.181. The lowest BCUT2D eigenvalue weighted by Crippen LogP contribution is -2.42. The Bertz CT molecular complexity index is 1520. The monoisotopic (exact) mass is 589 g/mol. The lowest BCUT2D eigenvalue weighted by Gasteiger charge is -2.37. The highest BCUT2D eigenvalue weighted by Crippen LogP contribution is 2.37. The molecule has 0 aliphatic rings. The van der Waals surface area contributed by atoms with Crippen LogP contribution in [0.5, 0.6) is 5.75 Å². The van der Waals surface area contributed by atoms with Crippen LogP contribution in [0.25, 0.3) is 10.9 Å². The standard InChI is InChI=1S/C32H43N5O4Si/c1-32(2,3)42(5,6)41-21-26(37-20-28(31(33)39)34-22-37)16-18-36-17-15-24-10-11-25(19-29(24)36)35-30(38)14-9-23-7-12-27(40-4)13-8-23/h7-8,10-13,15,17,19-20,22,26H,9,14,16,18,21H2,1-6H3,(H2,33,39)(H,35,38). The first kappa shape index (κ1) is 31.1. The highest BCUT2D eigenvalue weighted by atomic mass is 28.4. The first-order valence-electron chi connectivity index (χ1n) is 14.4. The summed E-state index contributed by atoms with van der Waals surface area (Å²) in [6.45, 7) is 12.4. The second kappa shape index (κ2) is 13.0. The largest absolute Gasteiger partial charge is 0.497 e. The van der Waals surface area contributed by atoms with Crippen molar-refractivity contribution in [1.29, 1.82) is 0 Å². The molecule has 2 amide bonds. The molecule has 1 atom stereocenters. The van der Waals surface area contributed by atoms with Gasteiger partial charge in [-0.2, -0.15) is 0 Å². The van der Waals surface area contributed by atoms with Crippen molar-refractivity contribution in [3.05, 3.63) is 78.5 Å². The Labute approximate surface area is 249 Å². The van der Waals surface area contributed by atoms with E-state index in [9.17, 15) is 9.59 Å². The molecule has 2 heterocycles. The van der Waals surface area contributed by atoms with Crippen LogP contribution in [0.1, 0.15) is 55.7 Å². The summed E-state index contributed by atoms with van der Waals surface area (Å²) in [7, 11) is -0.351. The highest BCUT2D eigenvalue weighted by Gasteiger charge is 2.37. The molecule has 3 N–H and O–H groups in total. The van der Waals surface area contributed by atoms with Gasteiger partial charge >= 0.3 is 0 Å². The number of aromatic nitrogens is 3. The maximum Gasteiger partial charge on any atom is 0.268 e. The molecule has 10 heteroatoms. The van der Waals surface area contributed by atoms with Crippen LogP contribution in [0.4, 0.5) is 5.69 Å². The number of amides is 2. The number of fused-ring (bicyclic) bond motifs is 1. The molecule has 1 unspecified atom stereocenters. The van der Waals surface area contributed by atoms with Crippen LogP contribution in [0.15, 0.2) is 67.3 Å². The average Bonchev–Trinajstić information content (AvgIpc) is 3.59. The van der Waals surface area contributed by atoms with Gasteiger partial charge < -0.3 is 29.3 Å². The molecule has 0 bridgehead atoms. The summed E-state index contributed by atoms with van der Waals surface area (Å²) in [5.41, 5.74) is 8.60. The number of rotatable bonds is 13. The fourth-order valence-corrected chi connectivity index (χ4v) is 5.56. The number of nitrogens with one attached hydrogen (secondary N) is 1. The van der Waals surface area contributed by atoms with E-state index in [2.05, 4.69) is 61.0 Å². The summed E-state index contributed by atoms with van der Waals surface area (Å²) in [4.78, 5) is 28.6. The summed E-state index contributed by atoms with van der Waals surface area (Å²) in [5, 5.41) is 4.23. The van der Waals surface area contributed by atoms with E-state index >= 15 is 0 Å². The third-order valence-corrected chi connectivity index (χ3v) is 12.8. The van der Waals surface area contributed by atoms with Crippen molar-refractivity contribution in [2.75, 3.05) is 19.0 Å². The number of carbonyl (C=O) groups is 2. The Balaban J connectivity index is 1.44. The summed E-state index contributed by atoms with van der Waals surface area (Å²) in [5.74, 6) is 0.221. The van der Waals surface area contributed by atoms with Crippen molar-refractivity contribution >= 4 is 36.7 Å². The summed E-state index contributed by atoms with van der Waals surface area (Å²) < 4.78 is 15.9. The molecule has 0 radical (unpaired) electrons. The first-order valence-corrected chi connectivity index (χ1v) is 17.3. The number of imidazole rings is 1. The molecule has 0 spiro atoms. The number of anilines is 1. The highest BCUT2D eigenvalue weighted by molar-refractivity contribution is 6.74. The van der Waals surface area contributed by atoms with Crippen LogP contribution >= 0.6 is 0 Å². The zero-order valence-corrected chi connectivity index (χ0v) is 26.5. The summed E-state index contributed by atoms with van der Waals surface area (Å²) in [6.07, 6.45) is 7.22. The van der Waals surface area contributed by atoms with E-state index in [0.717, 1.165) is 34.3 Å². The third kappa shape index (κ3) is 7.68. The smallest absolute Gasteiger partial charge is 0.268 e. The van der Waals surface area contributed by atoms with E-state index < -0.39 is 14.2 Å². The number of nitrogens with two attached hydrogens (primary N) is 1. The van der Waals surface area contributed by atoms with Gasteiger partial charge in [0.05, 0.1) is 31.6 Å². The number of ether oxygens (including phenoxy) is 1. The molecule has 0 saturated heterocycles. The van der Waals surface area contributed by atoms with E-state index in [0.29, 0.717) is 26.0 Å². The van der Waals surface area contributed by atoms with Gasteiger partial charge in [-0.25, -0.2) is 4.98 Å². The van der Waals surface area contributed by atoms with Crippen molar-refractivity contribution in [3.8, 4) is 5.75 Å². The maximum absolute atomic E-state index is 12.7. The zero-order chi connectivity index (χ0) is 30.5. The van der Waals surface area contributed by atoms with Gasteiger partial charge in [0.1, 0.15) is 11.4 Å². The van der Waals surface area contributed by atoms with E-state index in [1.54, 1.807) is 19.6 Å². The molecule has 42 heavy (non-hydrogen) atoms. The molecule has 0 saturated carbocycles. The number of hydrogen-bond acceptors (Lipinski definition) is 5. The lowest BCUT2D eigenvalue weighted by molar-refractivity contribution is -0.116. The number of benzene rings is 2. The van der Waals surface area contributed by atoms with E-state index in [1.165, 1.54) is 0 Å². The third-order valence-electron chi connectivity index (χ3n) is 8.28. The van der Waals surface area contributed by atoms with Crippen LogP contribution in [-0.4, -0.2) is 48.0 Å². The van der Waals surface area contributed by atoms with Crippen molar-refractivity contribution in [2.45, 2.75) is 70.8 Å². The summed E-state index contributed by atoms with van der Waals surface area (Å²) in [6, 6.07) is 15.8. The van der Waals surface area contributed by atoms with Crippen molar-refractivity contribution in [3.63, 3.8) is 0 Å². The van der Waals surface area contributed by atoms with Crippen LogP contribution in [-0.2, 0) is 22.2 Å². The molecule has 0 fully saturated rings. The van der Waals surface area contributed by atoms with Gasteiger partial charge in [0, 0.05) is 31.0 Å². The zero-order valence-electron chi connectivity index (χ0n) is 25.5. The van der Waals surface area contributed by atoms with E-state index in [4.69, 9.17) is 14.9 Å². The van der Waals surface area contributed by atoms with Crippen LogP contribution in [0.2, 0.25) is 18.1 Å². The SMILES string of the molecule is COc1ccc(CCC(=O)Nc2ccc3ccn(CCC(CO[Si](C)(C)C(C)(C)C)n4cnc(C(N)=O)c4)c3c2)cc1. The predicted molar refractivity (Wildman–Crippen MR) is 169 cm³/mol. The molecule has 0 aliphatic heterocycles. The van der Waals surface area contributed by atoms with Gasteiger partial charge in [0.15, 0.2) is 8.32 Å². The molecule has 2 aromatic heterocycles. The number of methoxy groups -OCH3 is 1. The van der Waals surface area contributed by atoms with Crippen LogP contribution < -0.4 is 15.8 Å². The Kier molecular flexibility index (Phi) is 9.58. The Morgan fingerprint density at radius 1 is 1.10 bits per heavy atom. The van der Waals surface area contributed by atoms with Gasteiger partial charge in [-0.05, 0) is 72.3 Å². The normalized spacial score (nSPS) is 12.8. The maximum atomic E-state index is 12.7. The van der Waals surface area contributed by atoms with Gasteiger partial charge in [-0.15, -0.1) is 0 Å². The Morgan fingerprint density at radius 3 is 2.48 bits per heavy atom. The Morgan fingerprint density at radius 2 is 1.83 bits per heavy atom. The molecular formula is C32H43N5O4Si. The molecule has 9 nitrogen and oxygen atoms in total. The fourth-order valence-electron chi connectivity index (χ4n) is 4.52. The van der Waals surface area contributed by atoms with Gasteiger partial charge in [0.25, 0.3) is 5.91 Å². The van der Waals surface area contributed by atoms with Crippen molar-refractivity contribution < 1.29 is 18.8 Å². The van der Waals surface area contributed by atoms with Gasteiger partial charge in [-0.3, -0.25) is 9.59 Å².